The van der Waals surface area contributed by atoms with Gasteiger partial charge >= 0.3 is 5.97 Å². The molecule has 0 aromatic heterocycles. The van der Waals surface area contributed by atoms with E-state index < -0.39 is 11.4 Å². The van der Waals surface area contributed by atoms with Crippen LogP contribution in [0.4, 0.5) is 0 Å². The molecule has 18 heavy (non-hydrogen) atoms. The quantitative estimate of drug-likeness (QED) is 0.780. The molecule has 1 aliphatic carbocycles. The lowest BCUT2D eigenvalue weighted by molar-refractivity contribution is -0.142. The Morgan fingerprint density at radius 1 is 1.50 bits per heavy atom. The van der Waals surface area contributed by atoms with Gasteiger partial charge in [-0.15, -0.1) is 0 Å². The van der Waals surface area contributed by atoms with Crippen LogP contribution >= 0.6 is 0 Å². The molecule has 0 aliphatic heterocycles. The number of ketones is 1. The summed E-state index contributed by atoms with van der Waals surface area (Å²) in [6.07, 6.45) is 4.55. The van der Waals surface area contributed by atoms with Crippen molar-refractivity contribution in [1.29, 1.82) is 0 Å². The molecule has 0 radical (unpaired) electrons. The van der Waals surface area contributed by atoms with E-state index in [-0.39, 0.29) is 24.0 Å². The highest BCUT2D eigenvalue weighted by atomic mass is 16.4. The summed E-state index contributed by atoms with van der Waals surface area (Å²) in [5.41, 5.74) is 0.830. The van der Waals surface area contributed by atoms with Gasteiger partial charge in [-0.25, -0.2) is 0 Å². The van der Waals surface area contributed by atoms with Crippen LogP contribution < -0.4 is 0 Å². The smallest absolute Gasteiger partial charge is 0.303 e. The fourth-order valence-corrected chi connectivity index (χ4v) is 2.80. The fraction of sp³-hybridized carbons (Fsp3) is 0.733. The van der Waals surface area contributed by atoms with Crippen molar-refractivity contribution in [3.8, 4) is 0 Å². The largest absolute Gasteiger partial charge is 0.481 e. The van der Waals surface area contributed by atoms with Gasteiger partial charge in [-0.05, 0) is 31.6 Å². The van der Waals surface area contributed by atoms with E-state index in [0.717, 1.165) is 12.8 Å². The number of carbonyl (C=O) groups is 2. The van der Waals surface area contributed by atoms with Gasteiger partial charge in [-0.3, -0.25) is 9.59 Å². The predicted octanol–water partition coefficient (Wildman–Crippen LogP) is 3.44. The van der Waals surface area contributed by atoms with E-state index in [2.05, 4.69) is 13.0 Å². The van der Waals surface area contributed by atoms with E-state index in [1.807, 2.05) is 20.8 Å². The van der Waals surface area contributed by atoms with E-state index in [1.165, 1.54) is 5.57 Å². The number of aliphatic carboxylic acids is 1. The third kappa shape index (κ3) is 3.44. The Labute approximate surface area is 109 Å². The molecule has 3 nitrogen and oxygen atoms in total. The molecule has 0 aromatic carbocycles. The van der Waals surface area contributed by atoms with E-state index in [9.17, 15) is 9.59 Å². The van der Waals surface area contributed by atoms with Crippen molar-refractivity contribution in [2.24, 2.45) is 17.3 Å². The Morgan fingerprint density at radius 3 is 2.61 bits per heavy atom. The second kappa shape index (κ2) is 5.68. The fourth-order valence-electron chi connectivity index (χ4n) is 2.80. The summed E-state index contributed by atoms with van der Waals surface area (Å²) in [4.78, 5) is 23.4. The van der Waals surface area contributed by atoms with Crippen LogP contribution in [0.25, 0.3) is 0 Å². The van der Waals surface area contributed by atoms with E-state index in [0.29, 0.717) is 6.42 Å². The van der Waals surface area contributed by atoms with Gasteiger partial charge in [0.25, 0.3) is 0 Å². The molecule has 0 heterocycles. The van der Waals surface area contributed by atoms with Gasteiger partial charge in [-0.2, -0.15) is 0 Å². The van der Waals surface area contributed by atoms with E-state index >= 15 is 0 Å². The van der Waals surface area contributed by atoms with Crippen LogP contribution in [0.5, 0.6) is 0 Å². The maximum atomic E-state index is 12.3. The maximum Gasteiger partial charge on any atom is 0.303 e. The lowest BCUT2D eigenvalue weighted by Gasteiger charge is -2.35. The molecule has 2 atom stereocenters. The Balaban J connectivity index is 3.03. The maximum absolute atomic E-state index is 12.3. The second-order valence-electron chi connectivity index (χ2n) is 6.13. The van der Waals surface area contributed by atoms with Gasteiger partial charge in [0.15, 0.2) is 0 Å². The van der Waals surface area contributed by atoms with Crippen LogP contribution in [-0.2, 0) is 9.59 Å². The molecule has 0 amide bonds. The van der Waals surface area contributed by atoms with Crippen LogP contribution in [-0.4, -0.2) is 16.9 Å². The van der Waals surface area contributed by atoms with E-state index in [1.54, 1.807) is 0 Å². The summed E-state index contributed by atoms with van der Waals surface area (Å²) in [5.74, 6) is -0.766. The van der Waals surface area contributed by atoms with Gasteiger partial charge in [0.2, 0.25) is 0 Å². The molecule has 102 valence electrons. The number of allylic oxidation sites excluding steroid dienone is 2. The molecule has 0 aromatic rings. The lowest BCUT2D eigenvalue weighted by atomic mass is 9.68. The third-order valence-electron chi connectivity index (χ3n) is 4.05. The highest BCUT2D eigenvalue weighted by molar-refractivity contribution is 5.84. The third-order valence-corrected chi connectivity index (χ3v) is 4.05. The summed E-state index contributed by atoms with van der Waals surface area (Å²) in [7, 11) is 0. The Bertz CT molecular complexity index is 368. The molecule has 0 spiro atoms. The zero-order valence-corrected chi connectivity index (χ0v) is 11.8. The second-order valence-corrected chi connectivity index (χ2v) is 6.13. The highest BCUT2D eigenvalue weighted by Crippen LogP contribution is 2.43. The topological polar surface area (TPSA) is 54.4 Å². The number of rotatable bonds is 4. The molecule has 1 aliphatic rings. The van der Waals surface area contributed by atoms with Crippen LogP contribution in [0.1, 0.15) is 53.4 Å². The number of carboxylic acid groups (broad SMARTS) is 1. The van der Waals surface area contributed by atoms with Crippen LogP contribution in [0.2, 0.25) is 0 Å². The first kappa shape index (κ1) is 14.9. The summed E-state index contributed by atoms with van der Waals surface area (Å²) in [5, 5.41) is 9.09. The van der Waals surface area contributed by atoms with Crippen LogP contribution in [0, 0.1) is 17.3 Å². The van der Waals surface area contributed by atoms with Gasteiger partial charge in [0.1, 0.15) is 5.78 Å². The minimum Gasteiger partial charge on any atom is -0.481 e. The number of carboxylic acids is 1. The van der Waals surface area contributed by atoms with Crippen molar-refractivity contribution in [3.63, 3.8) is 0 Å². The number of hydrogen-bond acceptors (Lipinski definition) is 2. The normalized spacial score (nSPS) is 28.7. The predicted molar refractivity (Wildman–Crippen MR) is 71.3 cm³/mol. The van der Waals surface area contributed by atoms with E-state index in [4.69, 9.17) is 5.11 Å². The van der Waals surface area contributed by atoms with Crippen molar-refractivity contribution >= 4 is 11.8 Å². The van der Waals surface area contributed by atoms with Crippen LogP contribution in [0.3, 0.4) is 0 Å². The first-order valence-electron chi connectivity index (χ1n) is 6.67. The first-order chi connectivity index (χ1) is 8.26. The molecule has 0 saturated heterocycles. The summed E-state index contributed by atoms with van der Waals surface area (Å²) >= 11 is 0. The molecule has 1 N–H and O–H groups in total. The van der Waals surface area contributed by atoms with Crippen molar-refractivity contribution in [2.45, 2.75) is 53.4 Å². The molecular weight excluding hydrogens is 228 g/mol. The van der Waals surface area contributed by atoms with Crippen molar-refractivity contribution in [2.75, 3.05) is 0 Å². The number of hydrogen-bond donors (Lipinski definition) is 1. The molecule has 3 heteroatoms. The molecule has 0 bridgehead atoms. The van der Waals surface area contributed by atoms with Crippen molar-refractivity contribution in [3.05, 3.63) is 11.6 Å². The molecular formula is C15H24O3. The van der Waals surface area contributed by atoms with Gasteiger partial charge in [0.05, 0.1) is 6.42 Å². The first-order valence-corrected chi connectivity index (χ1v) is 6.67. The summed E-state index contributed by atoms with van der Waals surface area (Å²) in [6, 6.07) is 0. The average Bonchev–Trinajstić information content (AvgIpc) is 2.37. The zero-order chi connectivity index (χ0) is 13.9. The minimum atomic E-state index is -0.813. The Hall–Kier alpha value is -1.12. The molecule has 1 rings (SSSR count). The van der Waals surface area contributed by atoms with Crippen LogP contribution in [0.15, 0.2) is 11.6 Å². The van der Waals surface area contributed by atoms with Crippen molar-refractivity contribution in [1.82, 2.24) is 0 Å². The average molecular weight is 252 g/mol. The highest BCUT2D eigenvalue weighted by Gasteiger charge is 2.41. The number of Topliss-reactive ketones (excluding diaryl/α,β-unsaturated/α-hetero) is 1. The van der Waals surface area contributed by atoms with Crippen molar-refractivity contribution < 1.29 is 14.7 Å². The Kier molecular flexibility index (Phi) is 4.71. The Morgan fingerprint density at radius 2 is 2.11 bits per heavy atom. The lowest BCUT2D eigenvalue weighted by Crippen LogP contribution is -2.36. The number of carbonyl (C=O) groups excluding carboxylic acids is 1. The standard InChI is InChI=1S/C15H24O3/c1-10(2)14(18)12-6-5-11(3)7-8-15(12,4)9-13(16)17/h7,10,12H,5-6,8-9H2,1-4H3,(H,16,17)/t12-,15-/m1/s1. The van der Waals surface area contributed by atoms with Gasteiger partial charge in [-0.1, -0.05) is 32.4 Å². The zero-order valence-electron chi connectivity index (χ0n) is 11.8. The minimum absolute atomic E-state index is 0.0264. The monoisotopic (exact) mass is 252 g/mol. The summed E-state index contributed by atoms with van der Waals surface area (Å²) < 4.78 is 0. The van der Waals surface area contributed by atoms with Gasteiger partial charge in [0, 0.05) is 11.8 Å². The molecule has 0 saturated carbocycles. The molecule has 0 fully saturated rings. The molecule has 0 unspecified atom stereocenters. The SMILES string of the molecule is CC1=CC[C@](C)(CC(=O)O)[C@@H](C(=O)C(C)C)CC1. The van der Waals surface area contributed by atoms with Gasteiger partial charge < -0.3 is 5.11 Å². The summed E-state index contributed by atoms with van der Waals surface area (Å²) in [6.45, 7) is 7.80.